The fourth-order valence-electron chi connectivity index (χ4n) is 3.48. The lowest BCUT2D eigenvalue weighted by atomic mass is 10.1. The lowest BCUT2D eigenvalue weighted by molar-refractivity contribution is 0.584. The molecule has 1 aliphatic heterocycles. The first-order valence-corrected chi connectivity index (χ1v) is 9.24. The SMILES string of the molecule is O=c1c(-c2nnn[nH]2)c2cccccc-2n1CCCCCc1ccccc1. The normalized spacial score (nSPS) is 11.1. The van der Waals surface area contributed by atoms with E-state index in [9.17, 15) is 4.79 Å². The minimum absolute atomic E-state index is 0.0437. The van der Waals surface area contributed by atoms with Gasteiger partial charge in [-0.15, -0.1) is 5.10 Å². The number of rotatable bonds is 7. The monoisotopic (exact) mass is 359 g/mol. The number of nitrogens with one attached hydrogen (secondary N) is 1. The van der Waals surface area contributed by atoms with Gasteiger partial charge in [0.15, 0.2) is 5.82 Å². The predicted molar refractivity (Wildman–Crippen MR) is 104 cm³/mol. The van der Waals surface area contributed by atoms with E-state index in [1.165, 1.54) is 5.56 Å². The number of H-pyrrole nitrogens is 1. The molecule has 1 aliphatic carbocycles. The second-order valence-electron chi connectivity index (χ2n) is 6.59. The Morgan fingerprint density at radius 3 is 2.44 bits per heavy atom. The number of aromatic nitrogens is 5. The molecular weight excluding hydrogens is 338 g/mol. The zero-order chi connectivity index (χ0) is 18.5. The second-order valence-corrected chi connectivity index (χ2v) is 6.59. The molecule has 0 bridgehead atoms. The Bertz CT molecular complexity index is 1020. The molecule has 4 rings (SSSR count). The van der Waals surface area contributed by atoms with E-state index >= 15 is 0 Å². The van der Waals surface area contributed by atoms with Crippen molar-refractivity contribution in [2.24, 2.45) is 0 Å². The van der Waals surface area contributed by atoms with Crippen LogP contribution in [0.1, 0.15) is 24.8 Å². The quantitative estimate of drug-likeness (QED) is 0.512. The number of nitrogens with zero attached hydrogens (tertiary/aromatic N) is 4. The van der Waals surface area contributed by atoms with E-state index in [0.29, 0.717) is 17.9 Å². The van der Waals surface area contributed by atoms with Crippen molar-refractivity contribution < 1.29 is 0 Å². The topological polar surface area (TPSA) is 76.5 Å². The average molecular weight is 359 g/mol. The van der Waals surface area contributed by atoms with Crippen LogP contribution in [-0.4, -0.2) is 25.2 Å². The first-order chi connectivity index (χ1) is 13.3. The molecule has 0 unspecified atom stereocenters. The zero-order valence-electron chi connectivity index (χ0n) is 15.0. The molecule has 6 nitrogen and oxygen atoms in total. The number of tetrazole rings is 1. The number of aryl methyl sites for hydroxylation is 1. The summed E-state index contributed by atoms with van der Waals surface area (Å²) in [5.41, 5.74) is 3.64. The van der Waals surface area contributed by atoms with E-state index in [-0.39, 0.29) is 5.56 Å². The van der Waals surface area contributed by atoms with E-state index in [1.807, 2.05) is 41.0 Å². The van der Waals surface area contributed by atoms with Gasteiger partial charge in [0, 0.05) is 12.1 Å². The van der Waals surface area contributed by atoms with Crippen molar-refractivity contribution in [3.8, 4) is 22.6 Å². The molecule has 0 fully saturated rings. The highest BCUT2D eigenvalue weighted by Crippen LogP contribution is 2.29. The molecule has 0 saturated carbocycles. The molecule has 0 spiro atoms. The molecule has 136 valence electrons. The smallest absolute Gasteiger partial charge is 0.262 e. The summed E-state index contributed by atoms with van der Waals surface area (Å²) in [5.74, 6) is 0.416. The van der Waals surface area contributed by atoms with Gasteiger partial charge in [-0.1, -0.05) is 61.0 Å². The van der Waals surface area contributed by atoms with Crippen molar-refractivity contribution in [1.82, 2.24) is 25.2 Å². The third-order valence-electron chi connectivity index (χ3n) is 4.81. The van der Waals surface area contributed by atoms with Crippen LogP contribution < -0.4 is 5.56 Å². The van der Waals surface area contributed by atoms with Crippen molar-refractivity contribution in [3.63, 3.8) is 0 Å². The molecule has 2 aromatic rings. The Balaban J connectivity index is 1.50. The maximum absolute atomic E-state index is 13.0. The summed E-state index contributed by atoms with van der Waals surface area (Å²) in [6.07, 6.45) is 4.22. The van der Waals surface area contributed by atoms with Gasteiger partial charge in [0.25, 0.3) is 5.56 Å². The van der Waals surface area contributed by atoms with Crippen LogP contribution in [-0.2, 0) is 13.0 Å². The van der Waals surface area contributed by atoms with Crippen molar-refractivity contribution >= 4 is 0 Å². The van der Waals surface area contributed by atoms with Gasteiger partial charge < -0.3 is 4.57 Å². The van der Waals surface area contributed by atoms with Crippen molar-refractivity contribution in [2.75, 3.05) is 0 Å². The second kappa shape index (κ2) is 7.95. The number of fused-ring (bicyclic) bond motifs is 1. The molecule has 2 aliphatic rings. The highest BCUT2D eigenvalue weighted by Gasteiger charge is 2.22. The summed E-state index contributed by atoms with van der Waals surface area (Å²) >= 11 is 0. The number of hydrogen-bond donors (Lipinski definition) is 1. The summed E-state index contributed by atoms with van der Waals surface area (Å²) in [5, 5.41) is 13.9. The third kappa shape index (κ3) is 3.65. The van der Waals surface area contributed by atoms with Crippen LogP contribution in [0.5, 0.6) is 0 Å². The summed E-state index contributed by atoms with van der Waals surface area (Å²) in [4.78, 5) is 13.0. The van der Waals surface area contributed by atoms with Gasteiger partial charge in [-0.05, 0) is 41.3 Å². The van der Waals surface area contributed by atoms with Crippen LogP contribution in [0.15, 0.2) is 65.5 Å². The Kier molecular flexibility index (Phi) is 5.05. The Hall–Kier alpha value is -3.28. The van der Waals surface area contributed by atoms with E-state index in [4.69, 9.17) is 0 Å². The molecule has 2 heterocycles. The minimum Gasteiger partial charge on any atom is -0.308 e. The first kappa shape index (κ1) is 17.1. The van der Waals surface area contributed by atoms with Gasteiger partial charge in [0.2, 0.25) is 0 Å². The van der Waals surface area contributed by atoms with Crippen LogP contribution in [0, 0.1) is 0 Å². The van der Waals surface area contributed by atoms with Crippen molar-refractivity contribution in [3.05, 3.63) is 76.6 Å². The lowest BCUT2D eigenvalue weighted by Crippen LogP contribution is -2.16. The van der Waals surface area contributed by atoms with Gasteiger partial charge in [0.05, 0.1) is 11.3 Å². The third-order valence-corrected chi connectivity index (χ3v) is 4.81. The molecule has 27 heavy (non-hydrogen) atoms. The minimum atomic E-state index is -0.0437. The van der Waals surface area contributed by atoms with E-state index < -0.39 is 0 Å². The van der Waals surface area contributed by atoms with Gasteiger partial charge in [-0.3, -0.25) is 4.79 Å². The Labute approximate surface area is 157 Å². The number of aromatic amines is 1. The number of unbranched alkanes of at least 4 members (excludes halogenated alkanes) is 2. The van der Waals surface area contributed by atoms with Crippen LogP contribution >= 0.6 is 0 Å². The molecule has 1 N–H and O–H groups in total. The standard InChI is InChI=1S/C21H21N5O/c27-21-19(20-22-24-25-23-20)17-13-7-2-8-14-18(17)26(21)15-9-3-6-12-16-10-4-1-5-11-16/h1-2,4-5,7-8,10-11,13-14H,3,6,9,12,15H2,(H,22,23,24,25). The van der Waals surface area contributed by atoms with Gasteiger partial charge >= 0.3 is 0 Å². The average Bonchev–Trinajstić information content (AvgIpc) is 3.22. The molecule has 0 radical (unpaired) electrons. The highest BCUT2D eigenvalue weighted by atomic mass is 16.1. The Morgan fingerprint density at radius 1 is 0.889 bits per heavy atom. The summed E-state index contributed by atoms with van der Waals surface area (Å²) in [6.45, 7) is 0.690. The predicted octanol–water partition coefficient (Wildman–Crippen LogP) is 3.55. The molecular formula is C21H21N5O. The fourth-order valence-corrected chi connectivity index (χ4v) is 3.48. The zero-order valence-corrected chi connectivity index (χ0v) is 15.0. The maximum atomic E-state index is 13.0. The van der Waals surface area contributed by atoms with E-state index in [2.05, 4.69) is 44.9 Å². The van der Waals surface area contributed by atoms with E-state index in [1.54, 1.807) is 0 Å². The van der Waals surface area contributed by atoms with Gasteiger partial charge in [-0.25, -0.2) is 5.10 Å². The molecule has 1 aromatic carbocycles. The van der Waals surface area contributed by atoms with Crippen LogP contribution in [0.2, 0.25) is 0 Å². The Morgan fingerprint density at radius 2 is 1.67 bits per heavy atom. The maximum Gasteiger partial charge on any atom is 0.262 e. The van der Waals surface area contributed by atoms with Crippen LogP contribution in [0.4, 0.5) is 0 Å². The van der Waals surface area contributed by atoms with E-state index in [0.717, 1.165) is 36.9 Å². The highest BCUT2D eigenvalue weighted by molar-refractivity contribution is 5.80. The summed E-state index contributed by atoms with van der Waals surface area (Å²) < 4.78 is 1.84. The largest absolute Gasteiger partial charge is 0.308 e. The van der Waals surface area contributed by atoms with Crippen LogP contribution in [0.25, 0.3) is 22.6 Å². The number of hydrogen-bond acceptors (Lipinski definition) is 4. The molecule has 0 atom stereocenters. The summed E-state index contributed by atoms with van der Waals surface area (Å²) in [6, 6.07) is 20.3. The molecule has 0 amide bonds. The van der Waals surface area contributed by atoms with Crippen molar-refractivity contribution in [2.45, 2.75) is 32.2 Å². The molecule has 6 heteroatoms. The molecule has 1 aromatic heterocycles. The van der Waals surface area contributed by atoms with Crippen LogP contribution in [0.3, 0.4) is 0 Å². The van der Waals surface area contributed by atoms with Gasteiger partial charge in [0.1, 0.15) is 0 Å². The first-order valence-electron chi connectivity index (χ1n) is 9.24. The van der Waals surface area contributed by atoms with Gasteiger partial charge in [-0.2, -0.15) is 0 Å². The lowest BCUT2D eigenvalue weighted by Gasteiger charge is -2.06. The fraction of sp³-hybridized carbons (Fsp3) is 0.238. The summed E-state index contributed by atoms with van der Waals surface area (Å²) in [7, 11) is 0. The number of benzene rings is 1. The molecule has 0 saturated heterocycles. The van der Waals surface area contributed by atoms with Crippen molar-refractivity contribution in [1.29, 1.82) is 0 Å².